The first-order chi connectivity index (χ1) is 14.3. The Morgan fingerprint density at radius 2 is 1.84 bits per heavy atom. The predicted molar refractivity (Wildman–Crippen MR) is 99.0 cm³/mol. The maximum absolute atomic E-state index is 13.6. The zero-order chi connectivity index (χ0) is 23.1. The van der Waals surface area contributed by atoms with Gasteiger partial charge in [0.25, 0.3) is 5.91 Å². The third-order valence-electron chi connectivity index (χ3n) is 4.66. The molecule has 1 fully saturated rings. The summed E-state index contributed by atoms with van der Waals surface area (Å²) in [5.74, 6) is -4.53. The van der Waals surface area contributed by atoms with Crippen LogP contribution in [-0.4, -0.2) is 29.3 Å². The second kappa shape index (κ2) is 7.80. The Labute approximate surface area is 177 Å². The van der Waals surface area contributed by atoms with Crippen molar-refractivity contribution in [3.05, 3.63) is 64.2 Å². The minimum Gasteiger partial charge on any atom is -0.323 e. The van der Waals surface area contributed by atoms with E-state index in [1.807, 2.05) is 5.32 Å². The number of benzene rings is 2. The van der Waals surface area contributed by atoms with Crippen molar-refractivity contribution in [2.45, 2.75) is 18.6 Å². The van der Waals surface area contributed by atoms with E-state index in [2.05, 4.69) is 5.32 Å². The summed E-state index contributed by atoms with van der Waals surface area (Å²) in [5.41, 5.74) is -3.83. The van der Waals surface area contributed by atoms with E-state index in [0.717, 1.165) is 30.3 Å². The summed E-state index contributed by atoms with van der Waals surface area (Å²) in [6, 6.07) is 4.40. The lowest BCUT2D eigenvalue weighted by Crippen LogP contribution is -2.42. The van der Waals surface area contributed by atoms with Gasteiger partial charge >= 0.3 is 12.2 Å². The molecule has 0 radical (unpaired) electrons. The van der Waals surface area contributed by atoms with Gasteiger partial charge in [0.05, 0.1) is 16.3 Å². The molecule has 0 spiro atoms. The van der Waals surface area contributed by atoms with Gasteiger partial charge in [-0.1, -0.05) is 23.7 Å². The minimum absolute atomic E-state index is 0.0851. The van der Waals surface area contributed by atoms with Crippen molar-refractivity contribution in [3.8, 4) is 0 Å². The normalized spacial score (nSPS) is 18.9. The summed E-state index contributed by atoms with van der Waals surface area (Å²) in [6.45, 7) is 0.278. The van der Waals surface area contributed by atoms with Crippen LogP contribution >= 0.6 is 11.6 Å². The number of carbonyl (C=O) groups is 3. The molecule has 4 amide bonds. The van der Waals surface area contributed by atoms with Crippen LogP contribution in [0.2, 0.25) is 5.02 Å². The van der Waals surface area contributed by atoms with Gasteiger partial charge in [-0.15, -0.1) is 0 Å². The Balaban J connectivity index is 1.83. The van der Waals surface area contributed by atoms with E-state index < -0.39 is 64.0 Å². The average molecular weight is 462 g/mol. The van der Waals surface area contributed by atoms with E-state index in [4.69, 9.17) is 11.6 Å². The molecule has 6 nitrogen and oxygen atoms in total. The number of nitrogens with zero attached hydrogens (tertiary/aromatic N) is 1. The first-order valence-electron chi connectivity index (χ1n) is 8.60. The number of halogens is 6. The molecule has 1 saturated heterocycles. The van der Waals surface area contributed by atoms with Crippen molar-refractivity contribution < 1.29 is 36.3 Å². The van der Waals surface area contributed by atoms with Crippen LogP contribution in [0.15, 0.2) is 36.4 Å². The molecule has 164 valence electrons. The second-order valence-corrected chi connectivity index (χ2v) is 7.19. The molecule has 1 heterocycles. The number of alkyl halides is 3. The summed E-state index contributed by atoms with van der Waals surface area (Å²) < 4.78 is 66.2. The van der Waals surface area contributed by atoms with Crippen LogP contribution in [0.5, 0.6) is 0 Å². The van der Waals surface area contributed by atoms with Gasteiger partial charge in [-0.25, -0.2) is 13.6 Å². The SMILES string of the molecule is CC1(c2ccc(F)c(F)c2)NC(=O)N(CC(=O)Nc2c(Cl)cccc2C(F)(F)F)C1=O. The Morgan fingerprint density at radius 1 is 1.16 bits per heavy atom. The van der Waals surface area contributed by atoms with Crippen molar-refractivity contribution >= 4 is 35.1 Å². The molecule has 0 aliphatic carbocycles. The molecule has 31 heavy (non-hydrogen) atoms. The summed E-state index contributed by atoms with van der Waals surface area (Å²) >= 11 is 5.77. The highest BCUT2D eigenvalue weighted by molar-refractivity contribution is 6.34. The summed E-state index contributed by atoms with van der Waals surface area (Å²) in [6.07, 6.45) is -4.82. The first kappa shape index (κ1) is 22.5. The molecule has 3 rings (SSSR count). The number of carbonyl (C=O) groups excluding carboxylic acids is 3. The Morgan fingerprint density at radius 3 is 2.45 bits per heavy atom. The number of urea groups is 1. The standard InChI is InChI=1S/C19H13ClF5N3O3/c1-18(9-5-6-12(21)13(22)7-9)16(30)28(17(31)27-18)8-14(29)26-15-10(19(23,24)25)3-2-4-11(15)20/h2-7H,8H2,1H3,(H,26,29)(H,27,31). The van der Waals surface area contributed by atoms with E-state index in [9.17, 15) is 36.3 Å². The first-order valence-corrected chi connectivity index (χ1v) is 8.97. The molecule has 1 aliphatic rings. The van der Waals surface area contributed by atoms with Crippen molar-refractivity contribution in [1.29, 1.82) is 0 Å². The molecule has 2 aromatic rings. The van der Waals surface area contributed by atoms with Crippen LogP contribution in [0.25, 0.3) is 0 Å². The van der Waals surface area contributed by atoms with Crippen molar-refractivity contribution in [2.75, 3.05) is 11.9 Å². The number of anilines is 1. The molecule has 12 heteroatoms. The van der Waals surface area contributed by atoms with Gasteiger partial charge in [-0.2, -0.15) is 13.2 Å². The topological polar surface area (TPSA) is 78.5 Å². The molecule has 2 aromatic carbocycles. The number of para-hydroxylation sites is 1. The van der Waals surface area contributed by atoms with E-state index >= 15 is 0 Å². The molecule has 0 aromatic heterocycles. The summed E-state index contributed by atoms with van der Waals surface area (Å²) in [7, 11) is 0. The molecular formula is C19H13ClF5N3O3. The van der Waals surface area contributed by atoms with Gasteiger partial charge in [0.1, 0.15) is 12.1 Å². The maximum Gasteiger partial charge on any atom is 0.418 e. The van der Waals surface area contributed by atoms with Gasteiger partial charge in [0, 0.05) is 0 Å². The largest absolute Gasteiger partial charge is 0.418 e. The van der Waals surface area contributed by atoms with Crippen LogP contribution in [0.3, 0.4) is 0 Å². The average Bonchev–Trinajstić information content (AvgIpc) is 2.88. The van der Waals surface area contributed by atoms with Crippen LogP contribution in [0.1, 0.15) is 18.1 Å². The number of nitrogens with one attached hydrogen (secondary N) is 2. The van der Waals surface area contributed by atoms with Gasteiger partial charge in [-0.05, 0) is 36.8 Å². The number of hydrogen-bond donors (Lipinski definition) is 2. The fourth-order valence-corrected chi connectivity index (χ4v) is 3.28. The zero-order valence-electron chi connectivity index (χ0n) is 15.6. The van der Waals surface area contributed by atoms with Gasteiger partial charge in [-0.3, -0.25) is 14.5 Å². The Bertz CT molecular complexity index is 1090. The zero-order valence-corrected chi connectivity index (χ0v) is 16.4. The minimum atomic E-state index is -4.82. The summed E-state index contributed by atoms with van der Waals surface area (Å²) in [5, 5.41) is 3.84. The molecule has 1 atom stereocenters. The summed E-state index contributed by atoms with van der Waals surface area (Å²) in [4.78, 5) is 37.8. The molecule has 1 unspecified atom stereocenters. The molecule has 1 aliphatic heterocycles. The van der Waals surface area contributed by atoms with Crippen LogP contribution < -0.4 is 10.6 Å². The van der Waals surface area contributed by atoms with Crippen LogP contribution in [-0.2, 0) is 21.3 Å². The Hall–Kier alpha value is -3.21. The van der Waals surface area contributed by atoms with E-state index in [1.54, 1.807) is 0 Å². The Kier molecular flexibility index (Phi) is 5.66. The molecular weight excluding hydrogens is 449 g/mol. The third-order valence-corrected chi connectivity index (χ3v) is 4.97. The molecule has 0 bridgehead atoms. The van der Waals surface area contributed by atoms with E-state index in [-0.39, 0.29) is 5.56 Å². The number of amides is 4. The van der Waals surface area contributed by atoms with Crippen molar-refractivity contribution in [1.82, 2.24) is 10.2 Å². The third kappa shape index (κ3) is 4.18. The fraction of sp³-hybridized carbons (Fsp3) is 0.211. The lowest BCUT2D eigenvalue weighted by molar-refractivity contribution is -0.137. The van der Waals surface area contributed by atoms with Crippen LogP contribution in [0, 0.1) is 11.6 Å². The monoisotopic (exact) mass is 461 g/mol. The predicted octanol–water partition coefficient (Wildman–Crippen LogP) is 4.04. The maximum atomic E-state index is 13.6. The number of hydrogen-bond acceptors (Lipinski definition) is 3. The second-order valence-electron chi connectivity index (χ2n) is 6.78. The van der Waals surface area contributed by atoms with Gasteiger partial charge in [0.2, 0.25) is 5.91 Å². The smallest absolute Gasteiger partial charge is 0.323 e. The highest BCUT2D eigenvalue weighted by Gasteiger charge is 2.49. The lowest BCUT2D eigenvalue weighted by Gasteiger charge is -2.22. The highest BCUT2D eigenvalue weighted by atomic mass is 35.5. The van der Waals surface area contributed by atoms with Crippen LogP contribution in [0.4, 0.5) is 32.4 Å². The highest BCUT2D eigenvalue weighted by Crippen LogP contribution is 2.38. The lowest BCUT2D eigenvalue weighted by atomic mass is 9.92. The number of imide groups is 1. The van der Waals surface area contributed by atoms with Crippen molar-refractivity contribution in [2.24, 2.45) is 0 Å². The van der Waals surface area contributed by atoms with Gasteiger partial charge < -0.3 is 10.6 Å². The van der Waals surface area contributed by atoms with Crippen molar-refractivity contribution in [3.63, 3.8) is 0 Å². The molecule has 0 saturated carbocycles. The fourth-order valence-electron chi connectivity index (χ4n) is 3.05. The molecule has 2 N–H and O–H groups in total. The van der Waals surface area contributed by atoms with Gasteiger partial charge in [0.15, 0.2) is 11.6 Å². The number of rotatable bonds is 4. The quantitative estimate of drug-likeness (QED) is 0.533. The van der Waals surface area contributed by atoms with E-state index in [0.29, 0.717) is 11.0 Å². The van der Waals surface area contributed by atoms with E-state index in [1.165, 1.54) is 6.92 Å².